The molecule has 132 valence electrons. The number of hydrogen-bond acceptors (Lipinski definition) is 5. The van der Waals surface area contributed by atoms with Gasteiger partial charge in [0.05, 0.1) is 6.26 Å². The molecule has 8 heteroatoms. The number of aliphatic carboxylic acids is 1. The van der Waals surface area contributed by atoms with Crippen LogP contribution in [0.1, 0.15) is 31.9 Å². The van der Waals surface area contributed by atoms with E-state index in [9.17, 15) is 14.4 Å². The molecule has 0 fully saturated rings. The van der Waals surface area contributed by atoms with Crippen LogP contribution in [0, 0.1) is 0 Å². The second-order valence-corrected chi connectivity index (χ2v) is 5.26. The molecular weight excluding hydrogens is 314 g/mol. The summed E-state index contributed by atoms with van der Waals surface area (Å²) in [7, 11) is 0. The van der Waals surface area contributed by atoms with Crippen molar-refractivity contribution >= 4 is 23.9 Å². The summed E-state index contributed by atoms with van der Waals surface area (Å²) in [6.45, 7) is 1.95. The molecule has 2 amide bonds. The van der Waals surface area contributed by atoms with Gasteiger partial charge in [0.15, 0.2) is 0 Å². The first-order valence-electron chi connectivity index (χ1n) is 7.69. The zero-order valence-electron chi connectivity index (χ0n) is 13.5. The van der Waals surface area contributed by atoms with E-state index in [4.69, 9.17) is 15.3 Å². The van der Waals surface area contributed by atoms with Gasteiger partial charge in [-0.2, -0.15) is 0 Å². The minimum Gasteiger partial charge on any atom is -0.480 e. The number of unbranched alkanes of at least 4 members (excludes halogenated alkanes) is 1. The summed E-state index contributed by atoms with van der Waals surface area (Å²) in [5.41, 5.74) is 5.36. The summed E-state index contributed by atoms with van der Waals surface area (Å²) in [5, 5.41) is 14.0. The molecule has 0 saturated heterocycles. The standard InChI is InChI=1S/C16H23N3O5/c1-11(18-14(20)8-7-12-5-4-10-24-12)15(21)19-13(16(22)23)6-2-3-9-17/h4-5,7-8,10-11,13H,2-3,6,9,17H2,1H3,(H,18,20)(H,19,21)(H,22,23)/t11-,13-/m0/s1. The van der Waals surface area contributed by atoms with Crippen LogP contribution in [0.25, 0.3) is 6.08 Å². The van der Waals surface area contributed by atoms with Crippen molar-refractivity contribution in [2.45, 2.75) is 38.3 Å². The van der Waals surface area contributed by atoms with Gasteiger partial charge < -0.3 is 25.9 Å². The summed E-state index contributed by atoms with van der Waals surface area (Å²) in [5.74, 6) is -1.65. The minimum absolute atomic E-state index is 0.289. The normalized spacial score (nSPS) is 13.4. The van der Waals surface area contributed by atoms with Gasteiger partial charge in [-0.25, -0.2) is 4.79 Å². The number of hydrogen-bond donors (Lipinski definition) is 4. The van der Waals surface area contributed by atoms with E-state index in [2.05, 4.69) is 10.6 Å². The average molecular weight is 337 g/mol. The second kappa shape index (κ2) is 10.2. The van der Waals surface area contributed by atoms with Gasteiger partial charge in [0.2, 0.25) is 11.8 Å². The third-order valence-electron chi connectivity index (χ3n) is 3.26. The molecule has 0 aliphatic rings. The quantitative estimate of drug-likeness (QED) is 0.363. The molecule has 0 aliphatic heterocycles. The SMILES string of the molecule is C[C@H](NC(=O)C=Cc1ccco1)C(=O)N[C@@H](CCCCN)C(=O)O. The molecular formula is C16H23N3O5. The van der Waals surface area contributed by atoms with Crippen LogP contribution in [0.15, 0.2) is 28.9 Å². The number of carboxylic acid groups (broad SMARTS) is 1. The fraction of sp³-hybridized carbons (Fsp3) is 0.438. The topological polar surface area (TPSA) is 135 Å². The molecule has 0 spiro atoms. The van der Waals surface area contributed by atoms with Crippen molar-refractivity contribution in [3.8, 4) is 0 Å². The van der Waals surface area contributed by atoms with E-state index >= 15 is 0 Å². The number of nitrogens with one attached hydrogen (secondary N) is 2. The Morgan fingerprint density at radius 1 is 1.33 bits per heavy atom. The monoisotopic (exact) mass is 337 g/mol. The molecule has 0 aromatic carbocycles. The van der Waals surface area contributed by atoms with Crippen molar-refractivity contribution in [2.75, 3.05) is 6.54 Å². The smallest absolute Gasteiger partial charge is 0.326 e. The molecule has 1 heterocycles. The Morgan fingerprint density at radius 2 is 2.08 bits per heavy atom. The van der Waals surface area contributed by atoms with Gasteiger partial charge in [-0.15, -0.1) is 0 Å². The summed E-state index contributed by atoms with van der Waals surface area (Å²) in [6, 6.07) is 1.50. The Balaban J connectivity index is 2.47. The highest BCUT2D eigenvalue weighted by Crippen LogP contribution is 2.03. The van der Waals surface area contributed by atoms with E-state index in [1.807, 2.05) is 0 Å². The maximum atomic E-state index is 12.0. The van der Waals surface area contributed by atoms with Gasteiger partial charge >= 0.3 is 5.97 Å². The zero-order chi connectivity index (χ0) is 17.9. The van der Waals surface area contributed by atoms with Crippen molar-refractivity contribution in [1.82, 2.24) is 10.6 Å². The lowest BCUT2D eigenvalue weighted by atomic mass is 10.1. The van der Waals surface area contributed by atoms with E-state index in [1.54, 1.807) is 12.1 Å². The van der Waals surface area contributed by atoms with Gasteiger partial charge in [-0.1, -0.05) is 0 Å². The van der Waals surface area contributed by atoms with Gasteiger partial charge in [0, 0.05) is 6.08 Å². The van der Waals surface area contributed by atoms with Crippen LogP contribution in [-0.2, 0) is 14.4 Å². The Labute approximate surface area is 140 Å². The molecule has 0 unspecified atom stereocenters. The Kier molecular flexibility index (Phi) is 8.28. The third kappa shape index (κ3) is 7.10. The fourth-order valence-corrected chi connectivity index (χ4v) is 1.92. The molecule has 5 N–H and O–H groups in total. The highest BCUT2D eigenvalue weighted by molar-refractivity contribution is 5.95. The van der Waals surface area contributed by atoms with E-state index in [1.165, 1.54) is 25.3 Å². The van der Waals surface area contributed by atoms with Crippen molar-refractivity contribution < 1.29 is 23.9 Å². The molecule has 0 radical (unpaired) electrons. The fourth-order valence-electron chi connectivity index (χ4n) is 1.92. The Morgan fingerprint density at radius 3 is 2.67 bits per heavy atom. The highest BCUT2D eigenvalue weighted by Gasteiger charge is 2.23. The van der Waals surface area contributed by atoms with E-state index < -0.39 is 29.9 Å². The highest BCUT2D eigenvalue weighted by atomic mass is 16.4. The van der Waals surface area contributed by atoms with Crippen LogP contribution in [-0.4, -0.2) is 41.5 Å². The lowest BCUT2D eigenvalue weighted by molar-refractivity contribution is -0.142. The molecule has 0 saturated carbocycles. The molecule has 1 rings (SSSR count). The van der Waals surface area contributed by atoms with Crippen LogP contribution in [0.2, 0.25) is 0 Å². The summed E-state index contributed by atoms with van der Waals surface area (Å²) in [6.07, 6.45) is 5.75. The van der Waals surface area contributed by atoms with Gasteiger partial charge in [0.25, 0.3) is 0 Å². The van der Waals surface area contributed by atoms with Crippen LogP contribution < -0.4 is 16.4 Å². The number of carbonyl (C=O) groups is 3. The third-order valence-corrected chi connectivity index (χ3v) is 3.26. The van der Waals surface area contributed by atoms with E-state index in [0.717, 1.165) is 0 Å². The number of amides is 2. The minimum atomic E-state index is -1.11. The number of rotatable bonds is 10. The van der Waals surface area contributed by atoms with Gasteiger partial charge in [0.1, 0.15) is 17.8 Å². The number of furan rings is 1. The first kappa shape index (κ1) is 19.4. The second-order valence-electron chi connectivity index (χ2n) is 5.26. The van der Waals surface area contributed by atoms with Crippen molar-refractivity contribution in [2.24, 2.45) is 5.73 Å². The molecule has 8 nitrogen and oxygen atoms in total. The van der Waals surface area contributed by atoms with Gasteiger partial charge in [-0.05, 0) is 50.9 Å². The first-order chi connectivity index (χ1) is 11.4. The maximum Gasteiger partial charge on any atom is 0.326 e. The molecule has 2 atom stereocenters. The number of carbonyl (C=O) groups excluding carboxylic acids is 2. The Hall–Kier alpha value is -2.61. The van der Waals surface area contributed by atoms with Crippen LogP contribution in [0.3, 0.4) is 0 Å². The summed E-state index contributed by atoms with van der Waals surface area (Å²) >= 11 is 0. The van der Waals surface area contributed by atoms with Crippen molar-refractivity contribution in [3.05, 3.63) is 30.2 Å². The van der Waals surface area contributed by atoms with E-state index in [0.29, 0.717) is 25.1 Å². The zero-order valence-corrected chi connectivity index (χ0v) is 13.5. The number of carboxylic acids is 1. The molecule has 24 heavy (non-hydrogen) atoms. The predicted molar refractivity (Wildman–Crippen MR) is 87.8 cm³/mol. The maximum absolute atomic E-state index is 12.0. The van der Waals surface area contributed by atoms with Crippen molar-refractivity contribution in [1.29, 1.82) is 0 Å². The van der Waals surface area contributed by atoms with Gasteiger partial charge in [-0.3, -0.25) is 9.59 Å². The molecule has 1 aromatic rings. The lowest BCUT2D eigenvalue weighted by Crippen LogP contribution is -2.50. The molecule has 1 aromatic heterocycles. The summed E-state index contributed by atoms with van der Waals surface area (Å²) in [4.78, 5) is 34.9. The van der Waals surface area contributed by atoms with Crippen molar-refractivity contribution in [3.63, 3.8) is 0 Å². The lowest BCUT2D eigenvalue weighted by Gasteiger charge is -2.18. The first-order valence-corrected chi connectivity index (χ1v) is 7.69. The van der Waals surface area contributed by atoms with Crippen LogP contribution in [0.4, 0.5) is 0 Å². The van der Waals surface area contributed by atoms with Crippen LogP contribution >= 0.6 is 0 Å². The Bertz CT molecular complexity index is 568. The predicted octanol–water partition coefficient (Wildman–Crippen LogP) is 0.496. The average Bonchev–Trinajstić information content (AvgIpc) is 3.05. The number of nitrogens with two attached hydrogens (primary N) is 1. The molecule has 0 bridgehead atoms. The largest absolute Gasteiger partial charge is 0.480 e. The van der Waals surface area contributed by atoms with Crippen LogP contribution in [0.5, 0.6) is 0 Å². The molecule has 0 aliphatic carbocycles. The summed E-state index contributed by atoms with van der Waals surface area (Å²) < 4.78 is 5.04. The van der Waals surface area contributed by atoms with E-state index in [-0.39, 0.29) is 6.42 Å².